The third-order valence-electron chi connectivity index (χ3n) is 3.83. The maximum absolute atomic E-state index is 9.17. The number of nitrogens with zero attached hydrogens (tertiary/aromatic N) is 2. The molecule has 0 fully saturated rings. The van der Waals surface area contributed by atoms with Gasteiger partial charge in [0.1, 0.15) is 0 Å². The lowest BCUT2D eigenvalue weighted by Crippen LogP contribution is -2.23. The molecular weight excluding hydrogens is 328 g/mol. The Balaban J connectivity index is 2.15. The zero-order valence-electron chi connectivity index (χ0n) is 15.0. The van der Waals surface area contributed by atoms with E-state index in [4.69, 9.17) is 4.98 Å². The highest BCUT2D eigenvalue weighted by Gasteiger charge is 2.12. The molecule has 0 aliphatic rings. The molecule has 1 heterocycles. The molecule has 132 valence electrons. The number of aliphatic hydroxyl groups excluding tert-OH is 1. The van der Waals surface area contributed by atoms with E-state index in [-0.39, 0.29) is 6.61 Å². The molecule has 3 nitrogen and oxygen atoms in total. The van der Waals surface area contributed by atoms with Gasteiger partial charge in [0.05, 0.1) is 12.3 Å². The molecule has 0 aliphatic heterocycles. The van der Waals surface area contributed by atoms with Crippen molar-refractivity contribution in [3.8, 4) is 0 Å². The highest BCUT2D eigenvalue weighted by Crippen LogP contribution is 2.26. The molecule has 0 radical (unpaired) electrons. The summed E-state index contributed by atoms with van der Waals surface area (Å²) < 4.78 is 0. The maximum Gasteiger partial charge on any atom is 0.186 e. The van der Waals surface area contributed by atoms with E-state index >= 15 is 0 Å². The summed E-state index contributed by atoms with van der Waals surface area (Å²) in [5.41, 5.74) is 4.33. The van der Waals surface area contributed by atoms with Crippen LogP contribution in [0.2, 0.25) is 0 Å². The summed E-state index contributed by atoms with van der Waals surface area (Å²) in [6, 6.07) is 8.11. The molecule has 1 aromatic heterocycles. The van der Waals surface area contributed by atoms with E-state index in [0.717, 1.165) is 41.5 Å². The summed E-state index contributed by atoms with van der Waals surface area (Å²) in [4.78, 5) is 7.13. The Labute approximate surface area is 154 Å². The Bertz CT molecular complexity index is 729. The van der Waals surface area contributed by atoms with Crippen LogP contribution in [0.5, 0.6) is 0 Å². The molecule has 4 heteroatoms. The second kappa shape index (κ2) is 9.97. The smallest absolute Gasteiger partial charge is 0.186 e. The lowest BCUT2D eigenvalue weighted by atomic mass is 10.1. The van der Waals surface area contributed by atoms with Crippen LogP contribution in [0.1, 0.15) is 37.1 Å². The molecule has 0 spiro atoms. The summed E-state index contributed by atoms with van der Waals surface area (Å²) in [7, 11) is 0. The van der Waals surface area contributed by atoms with E-state index in [1.54, 1.807) is 17.4 Å². The van der Waals surface area contributed by atoms with Crippen molar-refractivity contribution in [2.75, 3.05) is 11.4 Å². The maximum atomic E-state index is 9.17. The Morgan fingerprint density at radius 2 is 1.96 bits per heavy atom. The zero-order valence-corrected chi connectivity index (χ0v) is 15.8. The van der Waals surface area contributed by atoms with Gasteiger partial charge in [0, 0.05) is 18.5 Å². The minimum absolute atomic E-state index is 0.0840. The van der Waals surface area contributed by atoms with Crippen LogP contribution in [0.3, 0.4) is 0 Å². The standard InChI is InChI=1S/C21H26N2OS/c1-4-6-7-8-17(3)20-16-25-21(22-20)23(13-5-2)14-18-9-11-19(15-24)12-10-18/h4,6-12,16,24H,1,5,13-15H2,2-3H3/b7-6-,17-8+. The van der Waals surface area contributed by atoms with Crippen LogP contribution in [-0.2, 0) is 13.2 Å². The summed E-state index contributed by atoms with van der Waals surface area (Å²) in [5.74, 6) is 0. The van der Waals surface area contributed by atoms with Gasteiger partial charge in [-0.15, -0.1) is 11.3 Å². The van der Waals surface area contributed by atoms with Crippen LogP contribution in [-0.4, -0.2) is 16.6 Å². The predicted molar refractivity (Wildman–Crippen MR) is 109 cm³/mol. The molecule has 0 atom stereocenters. The molecule has 0 saturated heterocycles. The van der Waals surface area contributed by atoms with Crippen molar-refractivity contribution in [3.63, 3.8) is 0 Å². The van der Waals surface area contributed by atoms with Gasteiger partial charge < -0.3 is 10.0 Å². The molecule has 0 unspecified atom stereocenters. The number of rotatable bonds is 9. The van der Waals surface area contributed by atoms with Gasteiger partial charge in [-0.1, -0.05) is 62.1 Å². The van der Waals surface area contributed by atoms with Crippen molar-refractivity contribution in [1.29, 1.82) is 0 Å². The van der Waals surface area contributed by atoms with E-state index in [2.05, 4.69) is 48.9 Å². The van der Waals surface area contributed by atoms with E-state index in [9.17, 15) is 5.11 Å². The average Bonchev–Trinajstić information content (AvgIpc) is 3.12. The number of benzene rings is 1. The number of aromatic nitrogens is 1. The first-order valence-electron chi connectivity index (χ1n) is 8.53. The van der Waals surface area contributed by atoms with Crippen LogP contribution in [0, 0.1) is 0 Å². The molecule has 1 aromatic carbocycles. The third kappa shape index (κ3) is 5.69. The van der Waals surface area contributed by atoms with Crippen molar-refractivity contribution in [2.45, 2.75) is 33.4 Å². The van der Waals surface area contributed by atoms with E-state index < -0.39 is 0 Å². The Morgan fingerprint density at radius 3 is 2.60 bits per heavy atom. The van der Waals surface area contributed by atoms with Gasteiger partial charge in [-0.25, -0.2) is 4.98 Å². The molecule has 2 aromatic rings. The van der Waals surface area contributed by atoms with Crippen molar-refractivity contribution < 1.29 is 5.11 Å². The van der Waals surface area contributed by atoms with Gasteiger partial charge in [0.15, 0.2) is 5.13 Å². The molecule has 0 saturated carbocycles. The van der Waals surface area contributed by atoms with E-state index in [0.29, 0.717) is 0 Å². The van der Waals surface area contributed by atoms with Gasteiger partial charge in [0.25, 0.3) is 0 Å². The minimum Gasteiger partial charge on any atom is -0.392 e. The van der Waals surface area contributed by atoms with Crippen molar-refractivity contribution >= 4 is 22.0 Å². The van der Waals surface area contributed by atoms with Gasteiger partial charge >= 0.3 is 0 Å². The molecule has 2 rings (SSSR count). The monoisotopic (exact) mass is 354 g/mol. The summed E-state index contributed by atoms with van der Waals surface area (Å²) in [6.45, 7) is 9.81. The summed E-state index contributed by atoms with van der Waals surface area (Å²) in [5, 5.41) is 12.3. The van der Waals surface area contributed by atoms with Gasteiger partial charge in [-0.05, 0) is 30.0 Å². The van der Waals surface area contributed by atoms with Gasteiger partial charge in [-0.3, -0.25) is 0 Å². The largest absolute Gasteiger partial charge is 0.392 e. The zero-order chi connectivity index (χ0) is 18.1. The first-order valence-corrected chi connectivity index (χ1v) is 9.41. The Morgan fingerprint density at radius 1 is 1.24 bits per heavy atom. The first-order chi connectivity index (χ1) is 12.2. The van der Waals surface area contributed by atoms with Crippen LogP contribution < -0.4 is 4.90 Å². The van der Waals surface area contributed by atoms with Crippen molar-refractivity contribution in [1.82, 2.24) is 4.98 Å². The molecule has 0 bridgehead atoms. The molecule has 0 aliphatic carbocycles. The predicted octanol–water partition coefficient (Wildman–Crippen LogP) is 5.20. The van der Waals surface area contributed by atoms with E-state index in [1.807, 2.05) is 24.3 Å². The summed E-state index contributed by atoms with van der Waals surface area (Å²) >= 11 is 1.68. The Hall–Kier alpha value is -2.17. The fraction of sp³-hybridized carbons (Fsp3) is 0.286. The SMILES string of the molecule is C=C/C=C\C=C(/C)c1csc(N(CCC)Cc2ccc(CO)cc2)n1. The number of hydrogen-bond donors (Lipinski definition) is 1. The van der Waals surface area contributed by atoms with Gasteiger partial charge in [-0.2, -0.15) is 0 Å². The third-order valence-corrected chi connectivity index (χ3v) is 4.73. The minimum atomic E-state index is 0.0840. The number of thiazole rings is 1. The molecule has 1 N–H and O–H groups in total. The number of hydrogen-bond acceptors (Lipinski definition) is 4. The number of aliphatic hydroxyl groups is 1. The van der Waals surface area contributed by atoms with E-state index in [1.165, 1.54) is 5.56 Å². The topological polar surface area (TPSA) is 36.4 Å². The fourth-order valence-corrected chi connectivity index (χ4v) is 3.35. The quantitative estimate of drug-likeness (QED) is 0.629. The van der Waals surface area contributed by atoms with Gasteiger partial charge in [0.2, 0.25) is 0 Å². The normalized spacial score (nSPS) is 11.9. The number of anilines is 1. The second-order valence-corrected chi connectivity index (χ2v) is 6.72. The molecule has 25 heavy (non-hydrogen) atoms. The first kappa shape index (κ1) is 19.2. The lowest BCUT2D eigenvalue weighted by molar-refractivity contribution is 0.282. The van der Waals surface area contributed by atoms with Crippen LogP contribution in [0.4, 0.5) is 5.13 Å². The highest BCUT2D eigenvalue weighted by atomic mass is 32.1. The molecular formula is C21H26N2OS. The fourth-order valence-electron chi connectivity index (χ4n) is 2.44. The van der Waals surface area contributed by atoms with Crippen LogP contribution in [0.15, 0.2) is 60.5 Å². The molecule has 0 amide bonds. The van der Waals surface area contributed by atoms with Crippen LogP contribution in [0.25, 0.3) is 5.57 Å². The van der Waals surface area contributed by atoms with Crippen LogP contribution >= 0.6 is 11.3 Å². The van der Waals surface area contributed by atoms with Crippen molar-refractivity contribution in [3.05, 3.63) is 77.3 Å². The highest BCUT2D eigenvalue weighted by molar-refractivity contribution is 7.13. The number of allylic oxidation sites excluding steroid dienone is 5. The van der Waals surface area contributed by atoms with Crippen molar-refractivity contribution in [2.24, 2.45) is 0 Å². The summed E-state index contributed by atoms with van der Waals surface area (Å²) in [6.07, 6.45) is 8.78. The lowest BCUT2D eigenvalue weighted by Gasteiger charge is -2.21. The Kier molecular flexibility index (Phi) is 7.64. The average molecular weight is 355 g/mol. The second-order valence-electron chi connectivity index (χ2n) is 5.88.